The summed E-state index contributed by atoms with van der Waals surface area (Å²) in [4.78, 5) is 41.8. The highest BCUT2D eigenvalue weighted by Gasteiger charge is 2.41. The van der Waals surface area contributed by atoms with E-state index in [0.29, 0.717) is 47.7 Å². The summed E-state index contributed by atoms with van der Waals surface area (Å²) in [5, 5.41) is 11.5. The maximum absolute atomic E-state index is 17.0. The minimum atomic E-state index is -0.602. The molecule has 2 aromatic heterocycles. The van der Waals surface area contributed by atoms with Crippen molar-refractivity contribution in [1.29, 1.82) is 0 Å². The predicted octanol–water partition coefficient (Wildman–Crippen LogP) is 5.42. The number of amides is 1. The van der Waals surface area contributed by atoms with E-state index in [1.807, 2.05) is 38.7 Å². The van der Waals surface area contributed by atoms with Crippen molar-refractivity contribution in [1.82, 2.24) is 19.4 Å². The first-order valence-electron chi connectivity index (χ1n) is 14.6. The van der Waals surface area contributed by atoms with E-state index < -0.39 is 11.5 Å². The monoisotopic (exact) mass is 616 g/mol. The van der Waals surface area contributed by atoms with Crippen molar-refractivity contribution in [2.75, 3.05) is 36.5 Å². The maximum Gasteiger partial charge on any atom is 0.354 e. The lowest BCUT2D eigenvalue weighted by Gasteiger charge is -2.46. The van der Waals surface area contributed by atoms with Gasteiger partial charge in [-0.25, -0.2) is 9.18 Å². The van der Waals surface area contributed by atoms with Crippen molar-refractivity contribution in [2.45, 2.75) is 45.7 Å². The number of benzene rings is 2. The van der Waals surface area contributed by atoms with Crippen LogP contribution in [0.25, 0.3) is 27.7 Å². The number of likely N-dealkylation sites (N-methyl/N-ethyl adjacent to an activating group) is 1. The van der Waals surface area contributed by atoms with Crippen LogP contribution in [-0.2, 0) is 4.79 Å². The standard InChI is InChI=1S/C33H34ClFN6O3/c1-7-25(43)39-14-19(5)40-20(16-39)15-38(6)31-27-23(13-21(28(31)35)26-22(34)9-8-10-24(26)42)41(33(44)37-32(27)40)30-18(4)11-12-36-29(30)17(2)3/h7-13,17,19-20,42H,1,14-16H2,2-6H3. The molecule has 2 aliphatic heterocycles. The Kier molecular flexibility index (Phi) is 7.36. The molecule has 228 valence electrons. The zero-order valence-electron chi connectivity index (χ0n) is 25.3. The summed E-state index contributed by atoms with van der Waals surface area (Å²) in [5.74, 6) is -0.657. The van der Waals surface area contributed by atoms with E-state index in [-0.39, 0.29) is 51.5 Å². The molecule has 2 atom stereocenters. The number of aromatic nitrogens is 3. The fourth-order valence-corrected chi connectivity index (χ4v) is 7.03. The number of phenolic OH excluding ortho intramolecular Hbond substituents is 1. The van der Waals surface area contributed by atoms with Crippen molar-refractivity contribution in [2.24, 2.45) is 0 Å². The van der Waals surface area contributed by atoms with E-state index in [1.54, 1.807) is 41.2 Å². The first-order chi connectivity index (χ1) is 20.9. The van der Waals surface area contributed by atoms with Gasteiger partial charge in [-0.05, 0) is 55.7 Å². The molecule has 0 spiro atoms. The van der Waals surface area contributed by atoms with Crippen LogP contribution in [0, 0.1) is 12.7 Å². The Hall–Kier alpha value is -4.44. The smallest absolute Gasteiger partial charge is 0.354 e. The van der Waals surface area contributed by atoms with Crippen LogP contribution in [0.15, 0.2) is 54.0 Å². The molecule has 1 fully saturated rings. The highest BCUT2D eigenvalue weighted by atomic mass is 35.5. The van der Waals surface area contributed by atoms with Crippen LogP contribution in [0.1, 0.15) is 37.9 Å². The Labute approximate surface area is 259 Å². The number of rotatable bonds is 4. The van der Waals surface area contributed by atoms with Gasteiger partial charge in [-0.2, -0.15) is 4.98 Å². The first-order valence-corrected chi connectivity index (χ1v) is 15.0. The summed E-state index contributed by atoms with van der Waals surface area (Å²) in [6, 6.07) is 7.50. The van der Waals surface area contributed by atoms with Gasteiger partial charge in [0.15, 0.2) is 5.82 Å². The topological polar surface area (TPSA) is 94.8 Å². The number of fused-ring (bicyclic) bond motifs is 2. The average molecular weight is 617 g/mol. The quantitative estimate of drug-likeness (QED) is 0.306. The van der Waals surface area contributed by atoms with E-state index >= 15 is 4.39 Å². The Morgan fingerprint density at radius 1 is 1.20 bits per heavy atom. The van der Waals surface area contributed by atoms with Crippen molar-refractivity contribution < 1.29 is 14.3 Å². The van der Waals surface area contributed by atoms with Crippen LogP contribution < -0.4 is 15.5 Å². The second-order valence-electron chi connectivity index (χ2n) is 11.9. The number of halogens is 2. The van der Waals surface area contributed by atoms with Crippen molar-refractivity contribution in [3.8, 4) is 22.6 Å². The zero-order chi connectivity index (χ0) is 31.6. The number of hydrogen-bond donors (Lipinski definition) is 1. The molecule has 1 amide bonds. The Bertz CT molecular complexity index is 1890. The highest BCUT2D eigenvalue weighted by molar-refractivity contribution is 6.33. The molecular weight excluding hydrogens is 583 g/mol. The molecule has 1 saturated heterocycles. The van der Waals surface area contributed by atoms with Crippen LogP contribution in [0.2, 0.25) is 5.02 Å². The lowest BCUT2D eigenvalue weighted by Crippen LogP contribution is -2.61. The first kappa shape index (κ1) is 29.6. The van der Waals surface area contributed by atoms with E-state index in [1.165, 1.54) is 16.7 Å². The van der Waals surface area contributed by atoms with Crippen LogP contribution in [0.5, 0.6) is 5.75 Å². The number of nitrogens with zero attached hydrogens (tertiary/aromatic N) is 6. The molecule has 1 N–H and O–H groups in total. The largest absolute Gasteiger partial charge is 0.507 e. The molecular formula is C33H34ClFN6O3. The molecule has 0 aliphatic carbocycles. The molecule has 0 radical (unpaired) electrons. The third-order valence-electron chi connectivity index (χ3n) is 8.64. The number of phenols is 1. The van der Waals surface area contributed by atoms with E-state index in [4.69, 9.17) is 11.6 Å². The maximum atomic E-state index is 17.0. The number of aryl methyl sites for hydroxylation is 1. The second kappa shape index (κ2) is 10.9. The Balaban J connectivity index is 1.77. The minimum Gasteiger partial charge on any atom is -0.507 e. The van der Waals surface area contributed by atoms with Gasteiger partial charge in [0.1, 0.15) is 11.6 Å². The summed E-state index contributed by atoms with van der Waals surface area (Å²) >= 11 is 6.57. The Morgan fingerprint density at radius 2 is 1.95 bits per heavy atom. The molecule has 0 bridgehead atoms. The van der Waals surface area contributed by atoms with Crippen LogP contribution in [-0.4, -0.2) is 69.2 Å². The van der Waals surface area contributed by atoms with E-state index in [9.17, 15) is 14.7 Å². The van der Waals surface area contributed by atoms with Crippen molar-refractivity contribution >= 4 is 39.9 Å². The molecule has 4 aromatic rings. The van der Waals surface area contributed by atoms with E-state index in [0.717, 1.165) is 5.56 Å². The number of piperazine rings is 1. The molecule has 4 heterocycles. The number of carbonyl (C=O) groups is 1. The van der Waals surface area contributed by atoms with Gasteiger partial charge < -0.3 is 19.8 Å². The normalized spacial score (nSPS) is 18.0. The number of anilines is 2. The van der Waals surface area contributed by atoms with Gasteiger partial charge in [0, 0.05) is 50.0 Å². The van der Waals surface area contributed by atoms with Gasteiger partial charge >= 0.3 is 5.69 Å². The van der Waals surface area contributed by atoms with Gasteiger partial charge in [0.05, 0.1) is 39.0 Å². The fourth-order valence-electron chi connectivity index (χ4n) is 6.76. The summed E-state index contributed by atoms with van der Waals surface area (Å²) in [5.41, 5.74) is 2.35. The van der Waals surface area contributed by atoms with Gasteiger partial charge in [0.25, 0.3) is 0 Å². The number of aromatic hydroxyl groups is 1. The van der Waals surface area contributed by atoms with Crippen LogP contribution >= 0.6 is 11.6 Å². The summed E-state index contributed by atoms with van der Waals surface area (Å²) in [7, 11) is 1.78. The predicted molar refractivity (Wildman–Crippen MR) is 172 cm³/mol. The minimum absolute atomic E-state index is 0.0308. The molecule has 6 rings (SSSR count). The molecule has 44 heavy (non-hydrogen) atoms. The third kappa shape index (κ3) is 4.51. The van der Waals surface area contributed by atoms with Crippen LogP contribution in [0.3, 0.4) is 0 Å². The lowest BCUT2D eigenvalue weighted by molar-refractivity contribution is -0.127. The van der Waals surface area contributed by atoms with Gasteiger partial charge in [-0.15, -0.1) is 0 Å². The molecule has 9 nitrogen and oxygen atoms in total. The highest BCUT2D eigenvalue weighted by Crippen LogP contribution is 2.47. The average Bonchev–Trinajstić information content (AvgIpc) is 3.09. The summed E-state index contributed by atoms with van der Waals surface area (Å²) in [6.07, 6.45) is 3.00. The number of hydrogen-bond acceptors (Lipinski definition) is 7. The van der Waals surface area contributed by atoms with Crippen LogP contribution in [0.4, 0.5) is 15.9 Å². The van der Waals surface area contributed by atoms with Crippen molar-refractivity contribution in [3.05, 3.63) is 81.8 Å². The zero-order valence-corrected chi connectivity index (χ0v) is 26.1. The molecule has 2 unspecified atom stereocenters. The summed E-state index contributed by atoms with van der Waals surface area (Å²) < 4.78 is 18.5. The molecule has 0 saturated carbocycles. The number of pyridine rings is 1. The lowest BCUT2D eigenvalue weighted by atomic mass is 9.98. The Morgan fingerprint density at radius 3 is 2.64 bits per heavy atom. The second-order valence-corrected chi connectivity index (χ2v) is 12.3. The summed E-state index contributed by atoms with van der Waals surface area (Å²) in [6.45, 7) is 12.6. The van der Waals surface area contributed by atoms with E-state index in [2.05, 4.69) is 16.5 Å². The van der Waals surface area contributed by atoms with Gasteiger partial charge in [0.2, 0.25) is 5.91 Å². The molecule has 11 heteroatoms. The SMILES string of the molecule is C=CC(=O)N1CC(C)N2c3nc(=O)n(-c4c(C)ccnc4C(C)C)c4cc(-c5c(O)cccc5Cl)c(F)c(c34)N(C)CC2C1. The van der Waals surface area contributed by atoms with Gasteiger partial charge in [-0.1, -0.05) is 38.1 Å². The fraction of sp³-hybridized carbons (Fsp3) is 0.333. The van der Waals surface area contributed by atoms with Gasteiger partial charge in [-0.3, -0.25) is 14.3 Å². The number of carbonyl (C=O) groups excluding carboxylic acids is 1. The third-order valence-corrected chi connectivity index (χ3v) is 8.96. The van der Waals surface area contributed by atoms with Crippen molar-refractivity contribution in [3.63, 3.8) is 0 Å². The molecule has 2 aromatic carbocycles. The molecule has 2 aliphatic rings.